The normalized spacial score (nSPS) is 12.8. The summed E-state index contributed by atoms with van der Waals surface area (Å²) >= 11 is 0. The number of benzene rings is 1. The third-order valence-electron chi connectivity index (χ3n) is 3.24. The Bertz CT molecular complexity index is 560. The summed E-state index contributed by atoms with van der Waals surface area (Å²) in [5, 5.41) is 11.7. The van der Waals surface area contributed by atoms with Gasteiger partial charge in [0.2, 0.25) is 0 Å². The Balaban J connectivity index is 2.14. The van der Waals surface area contributed by atoms with Crippen LogP contribution in [0, 0.1) is 0 Å². The molecule has 4 nitrogen and oxygen atoms in total. The lowest BCUT2D eigenvalue weighted by Gasteiger charge is -2.08. The maximum atomic E-state index is 10.4. The van der Waals surface area contributed by atoms with Gasteiger partial charge in [-0.15, -0.1) is 0 Å². The van der Waals surface area contributed by atoms with E-state index < -0.39 is 5.97 Å². The number of hydrogen-bond acceptors (Lipinski definition) is 2. The van der Waals surface area contributed by atoms with E-state index in [1.54, 1.807) is 0 Å². The monoisotopic (exact) mass is 246 g/mol. The molecule has 1 atom stereocenters. The number of carboxylic acids is 1. The van der Waals surface area contributed by atoms with Crippen molar-refractivity contribution < 1.29 is 15.6 Å². The summed E-state index contributed by atoms with van der Waals surface area (Å²) in [6.07, 6.45) is 3.54. The van der Waals surface area contributed by atoms with Crippen molar-refractivity contribution in [3.05, 3.63) is 36.0 Å². The van der Waals surface area contributed by atoms with Gasteiger partial charge >= 0.3 is 0 Å². The van der Waals surface area contributed by atoms with Crippen molar-refractivity contribution in [2.75, 3.05) is 0 Å². The molecule has 0 radical (unpaired) electrons. The van der Waals surface area contributed by atoms with Crippen LogP contribution in [0.25, 0.3) is 10.9 Å². The van der Waals surface area contributed by atoms with Crippen molar-refractivity contribution in [1.29, 1.82) is 0 Å². The number of nitrogens with zero attached hydrogens (tertiary/aromatic N) is 1. The maximum absolute atomic E-state index is 10.4. The predicted octanol–water partition coefficient (Wildman–Crippen LogP) is -0.139. The van der Waals surface area contributed by atoms with Crippen molar-refractivity contribution in [2.45, 2.75) is 25.3 Å². The van der Waals surface area contributed by atoms with Crippen LogP contribution in [-0.4, -0.2) is 16.6 Å². The van der Waals surface area contributed by atoms with Gasteiger partial charge in [-0.1, -0.05) is 18.2 Å². The summed E-state index contributed by atoms with van der Waals surface area (Å²) in [5.74, 6) is -0.999. The van der Waals surface area contributed by atoms with Gasteiger partial charge in [-0.05, 0) is 18.1 Å². The van der Waals surface area contributed by atoms with E-state index in [1.807, 2.05) is 19.2 Å². The number of rotatable bonds is 5. The second-order valence-electron chi connectivity index (χ2n) is 4.76. The van der Waals surface area contributed by atoms with Crippen molar-refractivity contribution in [3.8, 4) is 0 Å². The number of aromatic nitrogens is 1. The van der Waals surface area contributed by atoms with Gasteiger partial charge in [0.25, 0.3) is 0 Å². The van der Waals surface area contributed by atoms with Crippen molar-refractivity contribution in [3.63, 3.8) is 0 Å². The second kappa shape index (κ2) is 5.23. The predicted molar refractivity (Wildman–Crippen MR) is 67.5 cm³/mol. The molecule has 2 aromatic rings. The van der Waals surface area contributed by atoms with E-state index >= 15 is 0 Å². The summed E-state index contributed by atoms with van der Waals surface area (Å²) in [7, 11) is 2.02. The van der Waals surface area contributed by atoms with Gasteiger partial charge in [-0.3, -0.25) is 0 Å². The van der Waals surface area contributed by atoms with Crippen molar-refractivity contribution >= 4 is 16.9 Å². The van der Waals surface area contributed by atoms with E-state index in [1.165, 1.54) is 16.5 Å². The molecule has 0 bridgehead atoms. The van der Waals surface area contributed by atoms with Crippen LogP contribution in [0.5, 0.6) is 0 Å². The Labute approximate surface area is 106 Å². The molecule has 96 valence electrons. The highest BCUT2D eigenvalue weighted by Crippen LogP contribution is 2.21. The number of fused-ring (bicyclic) bond motifs is 1. The molecule has 18 heavy (non-hydrogen) atoms. The number of carbonyl (C=O) groups is 1. The molecule has 0 amide bonds. The lowest BCUT2D eigenvalue weighted by Crippen LogP contribution is -2.62. The molecule has 0 saturated heterocycles. The molecule has 1 heterocycles. The minimum absolute atomic E-state index is 0.0823. The summed E-state index contributed by atoms with van der Waals surface area (Å²) in [4.78, 5) is 10.4. The molecule has 0 spiro atoms. The lowest BCUT2D eigenvalue weighted by atomic mass is 10.0. The van der Waals surface area contributed by atoms with Crippen molar-refractivity contribution in [2.24, 2.45) is 7.05 Å². The third kappa shape index (κ3) is 2.71. The van der Waals surface area contributed by atoms with Crippen LogP contribution in [0.1, 0.15) is 18.4 Å². The van der Waals surface area contributed by atoms with Crippen LogP contribution in [0.3, 0.4) is 0 Å². The van der Waals surface area contributed by atoms with Crippen LogP contribution in [0.15, 0.2) is 30.5 Å². The van der Waals surface area contributed by atoms with E-state index in [0.717, 1.165) is 6.42 Å². The van der Waals surface area contributed by atoms with Gasteiger partial charge in [0, 0.05) is 43.0 Å². The zero-order valence-electron chi connectivity index (χ0n) is 10.6. The first kappa shape index (κ1) is 12.6. The van der Waals surface area contributed by atoms with E-state index in [2.05, 4.69) is 28.6 Å². The molecule has 3 N–H and O–H groups in total. The molecule has 0 aliphatic rings. The van der Waals surface area contributed by atoms with Crippen LogP contribution >= 0.6 is 0 Å². The maximum Gasteiger partial charge on any atom is 0.0888 e. The Kier molecular flexibility index (Phi) is 3.67. The molecule has 0 aliphatic carbocycles. The first-order valence-corrected chi connectivity index (χ1v) is 6.14. The van der Waals surface area contributed by atoms with Crippen LogP contribution in [0.4, 0.5) is 0 Å². The van der Waals surface area contributed by atoms with E-state index in [4.69, 9.17) is 0 Å². The van der Waals surface area contributed by atoms with Gasteiger partial charge < -0.3 is 20.2 Å². The number of hydrogen-bond donors (Lipinski definition) is 1. The van der Waals surface area contributed by atoms with E-state index in [0.29, 0.717) is 6.42 Å². The second-order valence-corrected chi connectivity index (χ2v) is 4.76. The lowest BCUT2D eigenvalue weighted by molar-refractivity contribution is -0.421. The average Bonchev–Trinajstić information content (AvgIpc) is 2.65. The van der Waals surface area contributed by atoms with E-state index in [-0.39, 0.29) is 12.5 Å². The fraction of sp³-hybridized carbons (Fsp3) is 0.357. The zero-order chi connectivity index (χ0) is 13.1. The average molecular weight is 246 g/mol. The number of para-hydroxylation sites is 1. The van der Waals surface area contributed by atoms with Crippen molar-refractivity contribution in [1.82, 2.24) is 4.57 Å². The van der Waals surface area contributed by atoms with Crippen LogP contribution in [-0.2, 0) is 18.3 Å². The Morgan fingerprint density at radius 1 is 1.44 bits per heavy atom. The SMILES string of the molecule is Cn1cc(C[C@@H]([NH3+])CCC(=O)[O-])c2ccccc21. The highest BCUT2D eigenvalue weighted by Gasteiger charge is 2.12. The largest absolute Gasteiger partial charge is 0.550 e. The smallest absolute Gasteiger partial charge is 0.0888 e. The fourth-order valence-corrected chi connectivity index (χ4v) is 2.32. The number of aliphatic carboxylic acids is 1. The number of quaternary nitrogens is 1. The molecule has 0 aliphatic heterocycles. The molecule has 4 heteroatoms. The highest BCUT2D eigenvalue weighted by molar-refractivity contribution is 5.83. The number of carboxylic acid groups (broad SMARTS) is 1. The number of carbonyl (C=O) groups excluding carboxylic acids is 1. The molecule has 2 rings (SSSR count). The number of aryl methyl sites for hydroxylation is 1. The summed E-state index contributed by atoms with van der Waals surface area (Å²) in [6.45, 7) is 0. The van der Waals surface area contributed by atoms with Crippen LogP contribution < -0.4 is 10.8 Å². The van der Waals surface area contributed by atoms with Gasteiger partial charge in [0.15, 0.2) is 0 Å². The molecule has 1 aromatic carbocycles. The molecule has 0 fully saturated rings. The molecular weight excluding hydrogens is 228 g/mol. The van der Waals surface area contributed by atoms with Crippen LogP contribution in [0.2, 0.25) is 0 Å². The zero-order valence-corrected chi connectivity index (χ0v) is 10.6. The summed E-state index contributed by atoms with van der Waals surface area (Å²) < 4.78 is 2.09. The standard InChI is InChI=1S/C14H18N2O2/c1-16-9-10(8-11(15)6-7-14(17)18)12-4-2-3-5-13(12)16/h2-5,9,11H,6-8,15H2,1H3,(H,17,18)/t11-/m0/s1. The van der Waals surface area contributed by atoms with E-state index in [9.17, 15) is 9.90 Å². The molecule has 0 unspecified atom stereocenters. The Morgan fingerprint density at radius 2 is 2.17 bits per heavy atom. The summed E-state index contributed by atoms with van der Waals surface area (Å²) in [6, 6.07) is 8.32. The van der Waals surface area contributed by atoms with Gasteiger partial charge in [-0.25, -0.2) is 0 Å². The fourth-order valence-electron chi connectivity index (χ4n) is 2.32. The van der Waals surface area contributed by atoms with Gasteiger partial charge in [0.05, 0.1) is 6.04 Å². The molecule has 1 aromatic heterocycles. The third-order valence-corrected chi connectivity index (χ3v) is 3.24. The molecular formula is C14H18N2O2. The van der Waals surface area contributed by atoms with Gasteiger partial charge in [0.1, 0.15) is 0 Å². The Hall–Kier alpha value is -1.81. The summed E-state index contributed by atoms with van der Waals surface area (Å²) in [5.41, 5.74) is 6.44. The quantitative estimate of drug-likeness (QED) is 0.797. The minimum Gasteiger partial charge on any atom is -0.550 e. The topological polar surface area (TPSA) is 72.7 Å². The molecule has 0 saturated carbocycles. The Morgan fingerprint density at radius 3 is 2.89 bits per heavy atom. The highest BCUT2D eigenvalue weighted by atomic mass is 16.4. The first-order valence-electron chi connectivity index (χ1n) is 6.14. The first-order chi connectivity index (χ1) is 8.58. The minimum atomic E-state index is -0.999. The van der Waals surface area contributed by atoms with Gasteiger partial charge in [-0.2, -0.15) is 0 Å².